The maximum Gasteiger partial charge on any atom is 0.312 e. The van der Waals surface area contributed by atoms with Gasteiger partial charge in [-0.1, -0.05) is 0 Å². The highest BCUT2D eigenvalue weighted by Crippen LogP contribution is 2.37. The zero-order chi connectivity index (χ0) is 20.6. The summed E-state index contributed by atoms with van der Waals surface area (Å²) >= 11 is 11.4. The zero-order valence-electron chi connectivity index (χ0n) is 14.0. The largest absolute Gasteiger partial charge is 0.394 e. The number of nitrogens with zero attached hydrogens (tertiary/aromatic N) is 3. The third-order valence-corrected chi connectivity index (χ3v) is 3.84. The highest BCUT2D eigenvalue weighted by atomic mass is 35.5. The first kappa shape index (κ1) is 22.8. The van der Waals surface area contributed by atoms with Crippen molar-refractivity contribution < 1.29 is 24.9 Å². The van der Waals surface area contributed by atoms with Crippen LogP contribution in [0, 0.1) is 20.2 Å². The van der Waals surface area contributed by atoms with Crippen LogP contribution < -0.4 is 10.2 Å². The van der Waals surface area contributed by atoms with Gasteiger partial charge in [-0.15, -0.1) is 23.2 Å². The summed E-state index contributed by atoms with van der Waals surface area (Å²) in [6.07, 6.45) is -1.32. The molecule has 0 spiro atoms. The molecule has 1 aromatic rings. The Morgan fingerprint density at radius 3 is 2.22 bits per heavy atom. The molecule has 0 heterocycles. The molecule has 1 amide bonds. The molecule has 150 valence electrons. The molecule has 0 saturated heterocycles. The van der Waals surface area contributed by atoms with Gasteiger partial charge in [0.25, 0.3) is 11.6 Å². The number of alkyl halides is 2. The van der Waals surface area contributed by atoms with E-state index in [-0.39, 0.29) is 30.5 Å². The predicted octanol–water partition coefficient (Wildman–Crippen LogP) is 0.870. The predicted molar refractivity (Wildman–Crippen MR) is 98.8 cm³/mol. The van der Waals surface area contributed by atoms with Crippen LogP contribution in [0.25, 0.3) is 0 Å². The van der Waals surface area contributed by atoms with Gasteiger partial charge in [0.15, 0.2) is 5.56 Å². The molecule has 0 aromatic heterocycles. The molecule has 0 bridgehead atoms. The molecule has 1 aromatic carbocycles. The number of hydrogen-bond donors (Lipinski definition) is 3. The number of nitro benzene ring substituents is 2. The lowest BCUT2D eigenvalue weighted by Crippen LogP contribution is -2.35. The van der Waals surface area contributed by atoms with E-state index in [1.165, 1.54) is 4.90 Å². The van der Waals surface area contributed by atoms with E-state index in [1.54, 1.807) is 0 Å². The van der Waals surface area contributed by atoms with Gasteiger partial charge in [0.2, 0.25) is 0 Å². The van der Waals surface area contributed by atoms with Crippen molar-refractivity contribution in [3.63, 3.8) is 0 Å². The normalized spacial score (nSPS) is 11.7. The lowest BCUT2D eigenvalue weighted by atomic mass is 10.1. The first-order valence-corrected chi connectivity index (χ1v) is 8.75. The molecule has 0 aliphatic heterocycles. The van der Waals surface area contributed by atoms with Crippen LogP contribution >= 0.6 is 23.2 Å². The highest BCUT2D eigenvalue weighted by molar-refractivity contribution is 6.18. The number of hydrogen-bond acceptors (Lipinski definition) is 8. The number of anilines is 1. The molecule has 11 nitrogen and oxygen atoms in total. The summed E-state index contributed by atoms with van der Waals surface area (Å²) in [6, 6.07) is 2.14. The number of carbonyl (C=O) groups is 1. The van der Waals surface area contributed by atoms with Crippen LogP contribution in [0.5, 0.6) is 0 Å². The fourth-order valence-electron chi connectivity index (χ4n) is 2.31. The minimum atomic E-state index is -1.32. The summed E-state index contributed by atoms with van der Waals surface area (Å²) < 4.78 is 0. The van der Waals surface area contributed by atoms with E-state index in [0.29, 0.717) is 0 Å². The minimum absolute atomic E-state index is 0.0419. The van der Waals surface area contributed by atoms with Crippen LogP contribution in [0.15, 0.2) is 12.1 Å². The number of nitrogens with one attached hydrogen (secondary N) is 1. The number of benzene rings is 1. The van der Waals surface area contributed by atoms with Crippen molar-refractivity contribution in [1.82, 2.24) is 5.32 Å². The Hall–Kier alpha value is -2.21. The molecule has 1 atom stereocenters. The summed E-state index contributed by atoms with van der Waals surface area (Å²) in [7, 11) is 0. The fraction of sp³-hybridized carbons (Fsp3) is 0.500. The van der Waals surface area contributed by atoms with Gasteiger partial charge in [0.05, 0.1) is 22.6 Å². The molecule has 0 saturated carbocycles. The summed E-state index contributed by atoms with van der Waals surface area (Å²) in [6.45, 7) is -0.779. The Bertz CT molecular complexity index is 698. The van der Waals surface area contributed by atoms with Gasteiger partial charge in [-0.3, -0.25) is 25.0 Å². The Kier molecular flexibility index (Phi) is 9.15. The summed E-state index contributed by atoms with van der Waals surface area (Å²) in [5, 5.41) is 43.2. The molecular formula is C14H18Cl2N4O7. The van der Waals surface area contributed by atoms with Crippen LogP contribution in [0.3, 0.4) is 0 Å². The second kappa shape index (κ2) is 10.8. The van der Waals surface area contributed by atoms with Crippen LogP contribution in [0.2, 0.25) is 0 Å². The SMILES string of the molecule is O=C(NCC(O)CO)c1c([N+](=O)[O-])ccc(N(CCCl)CCCl)c1[N+](=O)[O-]. The Morgan fingerprint density at radius 1 is 1.19 bits per heavy atom. The van der Waals surface area contributed by atoms with Crippen molar-refractivity contribution in [3.8, 4) is 0 Å². The van der Waals surface area contributed by atoms with E-state index in [2.05, 4.69) is 5.32 Å². The number of carbonyl (C=O) groups excluding carboxylic acids is 1. The molecule has 0 radical (unpaired) electrons. The van der Waals surface area contributed by atoms with E-state index in [4.69, 9.17) is 28.3 Å². The van der Waals surface area contributed by atoms with Crippen molar-refractivity contribution in [2.24, 2.45) is 0 Å². The van der Waals surface area contributed by atoms with Gasteiger partial charge >= 0.3 is 5.69 Å². The quantitative estimate of drug-likeness (QED) is 0.268. The van der Waals surface area contributed by atoms with Gasteiger partial charge in [0, 0.05) is 37.5 Å². The van der Waals surface area contributed by atoms with Crippen molar-refractivity contribution in [2.75, 3.05) is 42.9 Å². The van der Waals surface area contributed by atoms with Gasteiger partial charge in [-0.2, -0.15) is 0 Å². The monoisotopic (exact) mass is 424 g/mol. The average Bonchev–Trinajstić information content (AvgIpc) is 2.64. The number of rotatable bonds is 11. The number of aliphatic hydroxyl groups is 2. The second-order valence-electron chi connectivity index (χ2n) is 5.25. The minimum Gasteiger partial charge on any atom is -0.394 e. The standard InChI is InChI=1S/C14H18Cl2N4O7/c15-3-5-18(6-4-16)11-2-1-10(19(24)25)12(13(11)20(26)27)14(23)17-7-9(22)8-21/h1-2,9,21-22H,3-8H2,(H,17,23). The summed E-state index contributed by atoms with van der Waals surface area (Å²) in [5.74, 6) is -0.913. The highest BCUT2D eigenvalue weighted by Gasteiger charge is 2.35. The lowest BCUT2D eigenvalue weighted by molar-refractivity contribution is -0.394. The molecule has 1 unspecified atom stereocenters. The molecule has 0 fully saturated rings. The van der Waals surface area contributed by atoms with E-state index < -0.39 is 51.9 Å². The van der Waals surface area contributed by atoms with Gasteiger partial charge < -0.3 is 20.4 Å². The van der Waals surface area contributed by atoms with Crippen LogP contribution in [-0.2, 0) is 0 Å². The Morgan fingerprint density at radius 2 is 1.78 bits per heavy atom. The second-order valence-corrected chi connectivity index (χ2v) is 6.01. The molecule has 27 heavy (non-hydrogen) atoms. The molecule has 0 aliphatic rings. The summed E-state index contributed by atoms with van der Waals surface area (Å²) in [5.41, 5.74) is -2.34. The lowest BCUT2D eigenvalue weighted by Gasteiger charge is -2.23. The molecular weight excluding hydrogens is 407 g/mol. The molecule has 3 N–H and O–H groups in total. The van der Waals surface area contributed by atoms with Crippen molar-refractivity contribution in [2.45, 2.75) is 6.10 Å². The van der Waals surface area contributed by atoms with Crippen LogP contribution in [0.1, 0.15) is 10.4 Å². The maximum absolute atomic E-state index is 12.4. The third kappa shape index (κ3) is 5.89. The topological polar surface area (TPSA) is 159 Å². The van der Waals surface area contributed by atoms with Gasteiger partial charge in [-0.05, 0) is 6.07 Å². The molecule has 0 aliphatic carbocycles. The van der Waals surface area contributed by atoms with Crippen molar-refractivity contribution in [3.05, 3.63) is 37.9 Å². The molecule has 13 heteroatoms. The van der Waals surface area contributed by atoms with Crippen molar-refractivity contribution >= 4 is 46.2 Å². The number of aliphatic hydroxyl groups excluding tert-OH is 2. The maximum atomic E-state index is 12.4. The van der Waals surface area contributed by atoms with Gasteiger partial charge in [-0.25, -0.2) is 0 Å². The van der Waals surface area contributed by atoms with E-state index in [0.717, 1.165) is 12.1 Å². The number of amides is 1. The van der Waals surface area contributed by atoms with E-state index in [9.17, 15) is 30.1 Å². The Labute approximate surface area is 163 Å². The third-order valence-electron chi connectivity index (χ3n) is 3.50. The fourth-order valence-corrected chi connectivity index (χ4v) is 2.71. The average molecular weight is 425 g/mol. The van der Waals surface area contributed by atoms with E-state index >= 15 is 0 Å². The van der Waals surface area contributed by atoms with Crippen molar-refractivity contribution in [1.29, 1.82) is 0 Å². The molecule has 1 rings (SSSR count). The van der Waals surface area contributed by atoms with Gasteiger partial charge in [0.1, 0.15) is 5.69 Å². The van der Waals surface area contributed by atoms with E-state index in [1.807, 2.05) is 0 Å². The zero-order valence-corrected chi connectivity index (χ0v) is 15.5. The first-order valence-electron chi connectivity index (χ1n) is 7.68. The van der Waals surface area contributed by atoms with Crippen LogP contribution in [0.4, 0.5) is 17.1 Å². The number of halogens is 2. The number of nitro groups is 2. The first-order chi connectivity index (χ1) is 12.8. The Balaban J connectivity index is 3.54. The summed E-state index contributed by atoms with van der Waals surface area (Å²) in [4.78, 5) is 35.0. The van der Waals surface area contributed by atoms with Crippen LogP contribution in [-0.4, -0.2) is 70.1 Å². The smallest absolute Gasteiger partial charge is 0.312 e.